The summed E-state index contributed by atoms with van der Waals surface area (Å²) in [6, 6.07) is 6.91. The molecule has 0 spiro atoms. The molecule has 0 bridgehead atoms. The van der Waals surface area contributed by atoms with Gasteiger partial charge in [0, 0.05) is 12.0 Å². The maximum atomic E-state index is 12.2. The smallest absolute Gasteiger partial charge is 0.251 e. The monoisotopic (exact) mass is 272 g/mol. The number of benzene rings is 1. The molecule has 1 saturated carbocycles. The summed E-state index contributed by atoms with van der Waals surface area (Å²) in [5.74, 6) is -0.385. The van der Waals surface area contributed by atoms with Crippen LogP contribution in [0.15, 0.2) is 24.3 Å². The number of piperidine rings is 1. The van der Waals surface area contributed by atoms with Crippen LogP contribution in [0.2, 0.25) is 0 Å². The van der Waals surface area contributed by atoms with Crippen LogP contribution in [0.4, 0.5) is 0 Å². The van der Waals surface area contributed by atoms with Gasteiger partial charge in [-0.2, -0.15) is 0 Å². The van der Waals surface area contributed by atoms with Crippen LogP contribution in [0, 0.1) is 0 Å². The molecule has 104 valence electrons. The van der Waals surface area contributed by atoms with Crippen molar-refractivity contribution in [2.45, 2.75) is 37.6 Å². The third-order valence-electron chi connectivity index (χ3n) is 3.74. The lowest BCUT2D eigenvalue weighted by atomic mass is 10.0. The van der Waals surface area contributed by atoms with Crippen molar-refractivity contribution in [2.75, 3.05) is 0 Å². The van der Waals surface area contributed by atoms with Gasteiger partial charge in [-0.15, -0.1) is 0 Å². The molecular weight excluding hydrogens is 256 g/mol. The number of rotatable bonds is 3. The van der Waals surface area contributed by atoms with Crippen molar-refractivity contribution < 1.29 is 14.4 Å². The van der Waals surface area contributed by atoms with Gasteiger partial charge in [-0.25, -0.2) is 0 Å². The maximum Gasteiger partial charge on any atom is 0.251 e. The first-order chi connectivity index (χ1) is 9.63. The van der Waals surface area contributed by atoms with E-state index in [1.54, 1.807) is 6.07 Å². The van der Waals surface area contributed by atoms with E-state index in [1.165, 1.54) is 18.4 Å². The van der Waals surface area contributed by atoms with Crippen molar-refractivity contribution in [1.82, 2.24) is 10.6 Å². The predicted octanol–water partition coefficient (Wildman–Crippen LogP) is 1.10. The van der Waals surface area contributed by atoms with Crippen molar-refractivity contribution in [3.63, 3.8) is 0 Å². The van der Waals surface area contributed by atoms with E-state index in [0.717, 1.165) is 0 Å². The Balaban J connectivity index is 1.68. The first-order valence-electron chi connectivity index (χ1n) is 6.88. The minimum absolute atomic E-state index is 0.262. The van der Waals surface area contributed by atoms with Crippen LogP contribution in [0.25, 0.3) is 0 Å². The molecule has 0 aromatic heterocycles. The number of imide groups is 1. The van der Waals surface area contributed by atoms with E-state index < -0.39 is 11.9 Å². The molecule has 1 aliphatic heterocycles. The largest absolute Gasteiger partial charge is 0.340 e. The number of amides is 3. The lowest BCUT2D eigenvalue weighted by Crippen LogP contribution is -2.52. The van der Waals surface area contributed by atoms with Crippen LogP contribution in [0.3, 0.4) is 0 Å². The van der Waals surface area contributed by atoms with E-state index in [9.17, 15) is 14.4 Å². The minimum Gasteiger partial charge on any atom is -0.340 e. The van der Waals surface area contributed by atoms with Crippen LogP contribution < -0.4 is 10.6 Å². The average Bonchev–Trinajstić information content (AvgIpc) is 3.26. The average molecular weight is 272 g/mol. The zero-order chi connectivity index (χ0) is 14.1. The number of hydrogen-bond donors (Lipinski definition) is 2. The van der Waals surface area contributed by atoms with Crippen molar-refractivity contribution in [3.8, 4) is 0 Å². The van der Waals surface area contributed by atoms with Gasteiger partial charge in [-0.1, -0.05) is 12.1 Å². The van der Waals surface area contributed by atoms with Gasteiger partial charge in [-0.3, -0.25) is 19.7 Å². The third-order valence-corrected chi connectivity index (χ3v) is 3.74. The number of carbonyl (C=O) groups is 3. The molecule has 1 unspecified atom stereocenters. The summed E-state index contributed by atoms with van der Waals surface area (Å²) >= 11 is 0. The van der Waals surface area contributed by atoms with Crippen molar-refractivity contribution in [1.29, 1.82) is 0 Å². The predicted molar refractivity (Wildman–Crippen MR) is 72.1 cm³/mol. The summed E-state index contributed by atoms with van der Waals surface area (Å²) in [7, 11) is 0. The summed E-state index contributed by atoms with van der Waals surface area (Å²) in [5.41, 5.74) is 1.75. The molecule has 3 amide bonds. The Bertz CT molecular complexity index is 578. The standard InChI is InChI=1S/C15H16N2O3/c18-13-7-6-12(15(20)17-13)16-14(19)11-3-1-2-10(8-11)9-4-5-9/h1-3,8-9,12H,4-7H2,(H,16,19)(H,17,18,20). The van der Waals surface area contributed by atoms with Gasteiger partial charge < -0.3 is 5.32 Å². The highest BCUT2D eigenvalue weighted by molar-refractivity contribution is 6.03. The van der Waals surface area contributed by atoms with Gasteiger partial charge in [0.15, 0.2) is 0 Å². The fourth-order valence-corrected chi connectivity index (χ4v) is 2.42. The van der Waals surface area contributed by atoms with Gasteiger partial charge in [-0.05, 0) is 42.9 Å². The Kier molecular flexibility index (Phi) is 3.26. The molecule has 1 heterocycles. The Morgan fingerprint density at radius 2 is 2.00 bits per heavy atom. The fraction of sp³-hybridized carbons (Fsp3) is 0.400. The second kappa shape index (κ2) is 5.07. The van der Waals surface area contributed by atoms with Gasteiger partial charge in [0.05, 0.1) is 0 Å². The molecule has 20 heavy (non-hydrogen) atoms. The molecule has 0 radical (unpaired) electrons. The highest BCUT2D eigenvalue weighted by Crippen LogP contribution is 2.40. The Hall–Kier alpha value is -2.17. The minimum atomic E-state index is -0.621. The van der Waals surface area contributed by atoms with Crippen molar-refractivity contribution in [2.24, 2.45) is 0 Å². The molecule has 1 saturated heterocycles. The molecule has 2 fully saturated rings. The summed E-state index contributed by atoms with van der Waals surface area (Å²) in [4.78, 5) is 34.8. The summed E-state index contributed by atoms with van der Waals surface area (Å²) in [6.07, 6.45) is 2.98. The first-order valence-corrected chi connectivity index (χ1v) is 6.88. The molecule has 1 aliphatic carbocycles. The number of carbonyl (C=O) groups excluding carboxylic acids is 3. The van der Waals surface area contributed by atoms with Crippen LogP contribution in [-0.4, -0.2) is 23.8 Å². The van der Waals surface area contributed by atoms with E-state index in [0.29, 0.717) is 17.9 Å². The molecule has 5 heteroatoms. The van der Waals surface area contributed by atoms with Gasteiger partial charge in [0.1, 0.15) is 6.04 Å². The van der Waals surface area contributed by atoms with Gasteiger partial charge in [0.25, 0.3) is 5.91 Å². The van der Waals surface area contributed by atoms with Crippen LogP contribution in [0.1, 0.15) is 47.5 Å². The Morgan fingerprint density at radius 3 is 2.70 bits per heavy atom. The molecular formula is C15H16N2O3. The number of hydrogen-bond acceptors (Lipinski definition) is 3. The lowest BCUT2D eigenvalue weighted by Gasteiger charge is -2.21. The highest BCUT2D eigenvalue weighted by Gasteiger charge is 2.28. The molecule has 2 aliphatic rings. The molecule has 2 N–H and O–H groups in total. The molecule has 1 aromatic rings. The second-order valence-corrected chi connectivity index (χ2v) is 5.38. The number of nitrogens with one attached hydrogen (secondary N) is 2. The van der Waals surface area contributed by atoms with Crippen LogP contribution in [0.5, 0.6) is 0 Å². The summed E-state index contributed by atoms with van der Waals surface area (Å²) in [5, 5.41) is 4.92. The van der Waals surface area contributed by atoms with Gasteiger partial charge >= 0.3 is 0 Å². The Labute approximate surface area is 116 Å². The zero-order valence-corrected chi connectivity index (χ0v) is 11.0. The maximum absolute atomic E-state index is 12.2. The van der Waals surface area contributed by atoms with E-state index in [4.69, 9.17) is 0 Å². The van der Waals surface area contributed by atoms with Crippen molar-refractivity contribution >= 4 is 17.7 Å². The normalized spacial score (nSPS) is 22.3. The molecule has 3 rings (SSSR count). The Morgan fingerprint density at radius 1 is 1.20 bits per heavy atom. The van der Waals surface area contributed by atoms with Crippen molar-refractivity contribution in [3.05, 3.63) is 35.4 Å². The van der Waals surface area contributed by atoms with E-state index in [2.05, 4.69) is 10.6 Å². The zero-order valence-electron chi connectivity index (χ0n) is 11.0. The summed E-state index contributed by atoms with van der Waals surface area (Å²) < 4.78 is 0. The highest BCUT2D eigenvalue weighted by atomic mass is 16.2. The van der Waals surface area contributed by atoms with E-state index >= 15 is 0 Å². The second-order valence-electron chi connectivity index (χ2n) is 5.38. The summed E-state index contributed by atoms with van der Waals surface area (Å²) in [6.45, 7) is 0. The molecule has 5 nitrogen and oxygen atoms in total. The first kappa shape index (κ1) is 12.8. The van der Waals surface area contributed by atoms with Gasteiger partial charge in [0.2, 0.25) is 11.8 Å². The van der Waals surface area contributed by atoms with Crippen LogP contribution >= 0.6 is 0 Å². The topological polar surface area (TPSA) is 75.3 Å². The third kappa shape index (κ3) is 2.71. The van der Waals surface area contributed by atoms with E-state index in [-0.39, 0.29) is 18.2 Å². The lowest BCUT2D eigenvalue weighted by molar-refractivity contribution is -0.134. The van der Waals surface area contributed by atoms with E-state index in [1.807, 2.05) is 18.2 Å². The quantitative estimate of drug-likeness (QED) is 0.809. The van der Waals surface area contributed by atoms with Crippen LogP contribution in [-0.2, 0) is 9.59 Å². The SMILES string of the molecule is O=C1CCC(NC(=O)c2cccc(C3CC3)c2)C(=O)N1. The molecule has 1 atom stereocenters. The fourth-order valence-electron chi connectivity index (χ4n) is 2.42. The molecule has 1 aromatic carbocycles.